The molecule has 0 radical (unpaired) electrons. The Labute approximate surface area is 91.1 Å². The topological polar surface area (TPSA) is 61.5 Å². The van der Waals surface area contributed by atoms with Gasteiger partial charge < -0.3 is 15.2 Å². The summed E-state index contributed by atoms with van der Waals surface area (Å²) in [5, 5.41) is 0. The number of carbonyl (C=O) groups excluding carboxylic acids is 1. The Morgan fingerprint density at radius 2 is 2.07 bits per heavy atom. The van der Waals surface area contributed by atoms with Crippen LogP contribution in [0, 0.1) is 0 Å². The predicted octanol–water partition coefficient (Wildman–Crippen LogP) is 1.23. The minimum Gasteiger partial charge on any atom is -0.462 e. The first-order valence-corrected chi connectivity index (χ1v) is 5.68. The first kappa shape index (κ1) is 12.5. The summed E-state index contributed by atoms with van der Waals surface area (Å²) in [4.78, 5) is 11.5. The minimum atomic E-state index is -0.207. The summed E-state index contributed by atoms with van der Waals surface area (Å²) in [7, 11) is 1.56. The summed E-state index contributed by atoms with van der Waals surface area (Å²) < 4.78 is 10.4. The molecule has 1 aliphatic carbocycles. The first-order chi connectivity index (χ1) is 7.26. The zero-order valence-corrected chi connectivity index (χ0v) is 9.41. The van der Waals surface area contributed by atoms with Crippen molar-refractivity contribution in [2.45, 2.75) is 50.7 Å². The molecule has 0 aromatic heterocycles. The number of methoxy groups -OCH3 is 1. The van der Waals surface area contributed by atoms with Gasteiger partial charge in [0.2, 0.25) is 0 Å². The van der Waals surface area contributed by atoms with Gasteiger partial charge in [0.05, 0.1) is 12.5 Å². The van der Waals surface area contributed by atoms with Crippen LogP contribution in [0.25, 0.3) is 0 Å². The number of esters is 1. The molecule has 0 heterocycles. The van der Waals surface area contributed by atoms with Crippen LogP contribution in [0.5, 0.6) is 0 Å². The summed E-state index contributed by atoms with van der Waals surface area (Å²) in [5.41, 5.74) is 5.43. The highest BCUT2D eigenvalue weighted by atomic mass is 16.5. The van der Waals surface area contributed by atoms with E-state index in [2.05, 4.69) is 0 Å². The van der Waals surface area contributed by atoms with Gasteiger partial charge in [-0.25, -0.2) is 0 Å². The third-order valence-electron chi connectivity index (χ3n) is 2.84. The molecule has 0 aromatic carbocycles. The van der Waals surface area contributed by atoms with Gasteiger partial charge in [0.25, 0.3) is 0 Å². The van der Waals surface area contributed by atoms with Crippen molar-refractivity contribution in [1.82, 2.24) is 0 Å². The third kappa shape index (κ3) is 4.62. The molecule has 4 heteroatoms. The highest BCUT2D eigenvalue weighted by molar-refractivity contribution is 5.70. The number of nitrogens with two attached hydrogens (primary N) is 1. The van der Waals surface area contributed by atoms with E-state index in [4.69, 9.17) is 15.2 Å². The molecule has 4 nitrogen and oxygen atoms in total. The van der Waals surface area contributed by atoms with Crippen LogP contribution in [-0.2, 0) is 14.3 Å². The maximum atomic E-state index is 11.5. The minimum absolute atomic E-state index is 0.126. The van der Waals surface area contributed by atoms with Crippen molar-refractivity contribution in [3.05, 3.63) is 0 Å². The Bertz CT molecular complexity index is 186. The zero-order valence-electron chi connectivity index (χ0n) is 9.41. The molecule has 15 heavy (non-hydrogen) atoms. The van der Waals surface area contributed by atoms with Crippen LogP contribution in [0.4, 0.5) is 0 Å². The Morgan fingerprint density at radius 1 is 1.40 bits per heavy atom. The van der Waals surface area contributed by atoms with E-state index in [1.54, 1.807) is 7.11 Å². The molecular formula is C11H21NO3. The molecule has 88 valence electrons. The second-order valence-corrected chi connectivity index (χ2v) is 4.05. The van der Waals surface area contributed by atoms with E-state index in [0.717, 1.165) is 12.8 Å². The Balaban J connectivity index is 2.21. The molecule has 0 bridgehead atoms. The Kier molecular flexibility index (Phi) is 5.65. The van der Waals surface area contributed by atoms with Crippen molar-refractivity contribution in [1.29, 1.82) is 0 Å². The van der Waals surface area contributed by atoms with Crippen LogP contribution in [0.15, 0.2) is 0 Å². The van der Waals surface area contributed by atoms with Crippen LogP contribution >= 0.6 is 0 Å². The average Bonchev–Trinajstić information content (AvgIpc) is 2.27. The molecule has 1 rings (SSSR count). The van der Waals surface area contributed by atoms with E-state index >= 15 is 0 Å². The maximum absolute atomic E-state index is 11.5. The smallest absolute Gasteiger partial charge is 0.308 e. The molecule has 2 N–H and O–H groups in total. The van der Waals surface area contributed by atoms with Gasteiger partial charge in [-0.1, -0.05) is 6.42 Å². The second kappa shape index (κ2) is 6.80. The van der Waals surface area contributed by atoms with E-state index in [0.29, 0.717) is 6.54 Å². The molecular weight excluding hydrogens is 194 g/mol. The fraction of sp³-hybridized carbons (Fsp3) is 0.909. The second-order valence-electron chi connectivity index (χ2n) is 4.05. The zero-order chi connectivity index (χ0) is 11.1. The van der Waals surface area contributed by atoms with Gasteiger partial charge in [-0.15, -0.1) is 0 Å². The van der Waals surface area contributed by atoms with Crippen LogP contribution in [0.3, 0.4) is 0 Å². The lowest BCUT2D eigenvalue weighted by molar-refractivity contribution is -0.153. The van der Waals surface area contributed by atoms with Gasteiger partial charge in [-0.2, -0.15) is 0 Å². The van der Waals surface area contributed by atoms with Gasteiger partial charge in [0.15, 0.2) is 0 Å². The average molecular weight is 215 g/mol. The quantitative estimate of drug-likeness (QED) is 0.701. The molecule has 0 spiro atoms. The lowest BCUT2D eigenvalue weighted by atomic mass is 9.98. The number of hydrogen-bond donors (Lipinski definition) is 1. The van der Waals surface area contributed by atoms with E-state index in [1.807, 2.05) is 0 Å². The van der Waals surface area contributed by atoms with Gasteiger partial charge in [-0.3, -0.25) is 4.79 Å². The SMILES string of the molecule is COC(CN)CC(=O)OC1CCCCC1. The van der Waals surface area contributed by atoms with Crippen molar-refractivity contribution < 1.29 is 14.3 Å². The number of hydrogen-bond acceptors (Lipinski definition) is 4. The lowest BCUT2D eigenvalue weighted by Gasteiger charge is -2.22. The standard InChI is InChI=1S/C11H21NO3/c1-14-10(8-12)7-11(13)15-9-5-3-2-4-6-9/h9-10H,2-8,12H2,1H3. The van der Waals surface area contributed by atoms with Crippen molar-refractivity contribution >= 4 is 5.97 Å². The van der Waals surface area contributed by atoms with Crippen LogP contribution < -0.4 is 5.73 Å². The third-order valence-corrected chi connectivity index (χ3v) is 2.84. The molecule has 1 atom stereocenters. The van der Waals surface area contributed by atoms with Crippen molar-refractivity contribution in [3.63, 3.8) is 0 Å². The van der Waals surface area contributed by atoms with E-state index in [9.17, 15) is 4.79 Å². The van der Waals surface area contributed by atoms with Crippen LogP contribution in [0.1, 0.15) is 38.5 Å². The van der Waals surface area contributed by atoms with Gasteiger partial charge >= 0.3 is 5.97 Å². The molecule has 1 aliphatic rings. The molecule has 1 unspecified atom stereocenters. The fourth-order valence-corrected chi connectivity index (χ4v) is 1.87. The molecule has 0 amide bonds. The lowest BCUT2D eigenvalue weighted by Crippen LogP contribution is -2.29. The Morgan fingerprint density at radius 3 is 2.60 bits per heavy atom. The van der Waals surface area contributed by atoms with E-state index in [-0.39, 0.29) is 24.6 Å². The molecule has 0 aliphatic heterocycles. The molecule has 1 saturated carbocycles. The normalized spacial score (nSPS) is 19.9. The van der Waals surface area contributed by atoms with Crippen LogP contribution in [0.2, 0.25) is 0 Å². The summed E-state index contributed by atoms with van der Waals surface area (Å²) in [5.74, 6) is -0.181. The van der Waals surface area contributed by atoms with Gasteiger partial charge in [0, 0.05) is 13.7 Å². The van der Waals surface area contributed by atoms with E-state index < -0.39 is 0 Å². The molecule has 0 aromatic rings. The van der Waals surface area contributed by atoms with Crippen molar-refractivity contribution in [2.75, 3.05) is 13.7 Å². The Hall–Kier alpha value is -0.610. The number of carbonyl (C=O) groups is 1. The monoisotopic (exact) mass is 215 g/mol. The first-order valence-electron chi connectivity index (χ1n) is 5.68. The number of rotatable bonds is 5. The molecule has 1 fully saturated rings. The largest absolute Gasteiger partial charge is 0.462 e. The van der Waals surface area contributed by atoms with Crippen molar-refractivity contribution in [2.24, 2.45) is 5.73 Å². The fourth-order valence-electron chi connectivity index (χ4n) is 1.87. The summed E-state index contributed by atoms with van der Waals surface area (Å²) in [6, 6.07) is 0. The summed E-state index contributed by atoms with van der Waals surface area (Å²) >= 11 is 0. The van der Waals surface area contributed by atoms with Crippen LogP contribution in [-0.4, -0.2) is 31.8 Å². The van der Waals surface area contributed by atoms with E-state index in [1.165, 1.54) is 19.3 Å². The van der Waals surface area contributed by atoms with Gasteiger partial charge in [0.1, 0.15) is 6.10 Å². The summed E-state index contributed by atoms with van der Waals surface area (Å²) in [6.07, 6.45) is 5.80. The van der Waals surface area contributed by atoms with Crippen molar-refractivity contribution in [3.8, 4) is 0 Å². The summed E-state index contributed by atoms with van der Waals surface area (Å²) in [6.45, 7) is 0.357. The predicted molar refractivity (Wildman–Crippen MR) is 57.4 cm³/mol. The molecule has 0 saturated heterocycles. The van der Waals surface area contributed by atoms with Gasteiger partial charge in [-0.05, 0) is 25.7 Å². The highest BCUT2D eigenvalue weighted by Gasteiger charge is 2.19. The number of ether oxygens (including phenoxy) is 2. The highest BCUT2D eigenvalue weighted by Crippen LogP contribution is 2.20. The maximum Gasteiger partial charge on any atom is 0.308 e.